The summed E-state index contributed by atoms with van der Waals surface area (Å²) < 4.78 is 98.6. The Kier molecular flexibility index (Phi) is 7.83. The quantitative estimate of drug-likeness (QED) is 0.395. The maximum absolute atomic E-state index is 14.5. The Balaban J connectivity index is 2.05. The average Bonchev–Trinajstić information content (AvgIpc) is 3.07. The van der Waals surface area contributed by atoms with Crippen molar-refractivity contribution >= 4 is 24.4 Å². The van der Waals surface area contributed by atoms with Crippen LogP contribution in [-0.2, 0) is 18.6 Å². The SMILES string of the molecule is CCOP(C)(=O)c1cc(NC(=O)[C@@H]2O[C@@](C)(C(F)(F)F)[C@@H](C)[C@H]2c2ccc(F)c(F)c2OC)ccn1. The Labute approximate surface area is 204 Å². The molecule has 1 aromatic carbocycles. The van der Waals surface area contributed by atoms with Crippen LogP contribution in [0.4, 0.5) is 27.6 Å². The summed E-state index contributed by atoms with van der Waals surface area (Å²) in [6.07, 6.45) is -5.39. The van der Waals surface area contributed by atoms with Gasteiger partial charge in [0.15, 0.2) is 17.2 Å². The Hall–Kier alpha value is -2.56. The number of rotatable bonds is 7. The third kappa shape index (κ3) is 4.99. The number of halogens is 5. The molecule has 0 saturated carbocycles. The molecule has 1 amide bonds. The largest absolute Gasteiger partial charge is 0.493 e. The van der Waals surface area contributed by atoms with Gasteiger partial charge in [-0.3, -0.25) is 14.3 Å². The van der Waals surface area contributed by atoms with Crippen molar-refractivity contribution in [3.05, 3.63) is 47.7 Å². The fourth-order valence-electron chi connectivity index (χ4n) is 4.28. The first kappa shape index (κ1) is 28.0. The highest BCUT2D eigenvalue weighted by Crippen LogP contribution is 2.55. The van der Waals surface area contributed by atoms with Crippen LogP contribution in [-0.4, -0.2) is 49.2 Å². The van der Waals surface area contributed by atoms with Crippen LogP contribution in [0, 0.1) is 17.6 Å². The van der Waals surface area contributed by atoms with Gasteiger partial charge in [-0.05, 0) is 32.0 Å². The van der Waals surface area contributed by atoms with Crippen molar-refractivity contribution in [1.82, 2.24) is 4.98 Å². The van der Waals surface area contributed by atoms with Crippen LogP contribution in [0.2, 0.25) is 0 Å². The summed E-state index contributed by atoms with van der Waals surface area (Å²) in [5.74, 6) is -7.00. The van der Waals surface area contributed by atoms with Crippen LogP contribution >= 0.6 is 7.37 Å². The lowest BCUT2D eigenvalue weighted by Gasteiger charge is -2.32. The minimum atomic E-state index is -4.89. The Bertz CT molecular complexity index is 1190. The Morgan fingerprint density at radius 3 is 2.53 bits per heavy atom. The zero-order valence-corrected chi connectivity index (χ0v) is 21.0. The molecule has 2 aromatic rings. The Morgan fingerprint density at radius 1 is 1.28 bits per heavy atom. The second-order valence-corrected chi connectivity index (χ2v) is 11.0. The van der Waals surface area contributed by atoms with E-state index in [0.29, 0.717) is 0 Å². The highest BCUT2D eigenvalue weighted by Gasteiger charge is 2.65. The smallest absolute Gasteiger partial charge is 0.417 e. The first-order chi connectivity index (χ1) is 16.7. The van der Waals surface area contributed by atoms with Gasteiger partial charge in [0, 0.05) is 35.9 Å². The number of nitrogens with zero attached hydrogens (tertiary/aromatic N) is 1. The van der Waals surface area contributed by atoms with Crippen LogP contribution in [0.5, 0.6) is 5.75 Å². The number of amides is 1. The van der Waals surface area contributed by atoms with Crippen LogP contribution in [0.3, 0.4) is 0 Å². The van der Waals surface area contributed by atoms with Crippen LogP contribution in [0.1, 0.15) is 32.3 Å². The molecule has 0 spiro atoms. The number of aromatic nitrogens is 1. The number of nitrogens with one attached hydrogen (secondary N) is 1. The molecule has 36 heavy (non-hydrogen) atoms. The van der Waals surface area contributed by atoms with Crippen molar-refractivity contribution in [3.8, 4) is 5.75 Å². The maximum atomic E-state index is 14.5. The van der Waals surface area contributed by atoms with Gasteiger partial charge < -0.3 is 19.3 Å². The van der Waals surface area contributed by atoms with Crippen molar-refractivity contribution in [2.75, 3.05) is 25.7 Å². The van der Waals surface area contributed by atoms with E-state index in [1.165, 1.54) is 31.9 Å². The van der Waals surface area contributed by atoms with Crippen molar-refractivity contribution in [3.63, 3.8) is 0 Å². The molecule has 1 saturated heterocycles. The highest BCUT2D eigenvalue weighted by atomic mass is 31.2. The molecule has 1 fully saturated rings. The normalized spacial score (nSPS) is 25.9. The number of benzene rings is 1. The molecule has 198 valence electrons. The van der Waals surface area contributed by atoms with E-state index in [2.05, 4.69) is 10.3 Å². The van der Waals surface area contributed by atoms with E-state index < -0.39 is 60.4 Å². The van der Waals surface area contributed by atoms with Gasteiger partial charge >= 0.3 is 6.18 Å². The average molecular weight is 536 g/mol. The molecule has 0 bridgehead atoms. The molecular weight excluding hydrogens is 510 g/mol. The van der Waals surface area contributed by atoms with Crippen molar-refractivity contribution in [1.29, 1.82) is 0 Å². The lowest BCUT2D eigenvalue weighted by Crippen LogP contribution is -2.47. The first-order valence-electron chi connectivity index (χ1n) is 10.9. The molecule has 13 heteroatoms. The number of anilines is 1. The number of hydrogen-bond donors (Lipinski definition) is 1. The van der Waals surface area contributed by atoms with Gasteiger partial charge in [-0.1, -0.05) is 13.0 Å². The molecule has 3 rings (SSSR count). The molecule has 5 atom stereocenters. The van der Waals surface area contributed by atoms with Gasteiger partial charge in [0.2, 0.25) is 13.2 Å². The molecule has 2 heterocycles. The molecular formula is C23H26F5N2O5P. The number of pyridine rings is 1. The summed E-state index contributed by atoms with van der Waals surface area (Å²) in [6, 6.07) is 4.45. The Morgan fingerprint density at radius 2 is 1.94 bits per heavy atom. The number of hydrogen-bond acceptors (Lipinski definition) is 6. The number of carbonyl (C=O) groups is 1. The predicted molar refractivity (Wildman–Crippen MR) is 122 cm³/mol. The summed E-state index contributed by atoms with van der Waals surface area (Å²) >= 11 is 0. The summed E-state index contributed by atoms with van der Waals surface area (Å²) in [5, 5.41) is 2.45. The second kappa shape index (κ2) is 10.1. The summed E-state index contributed by atoms with van der Waals surface area (Å²) in [6.45, 7) is 5.14. The second-order valence-electron chi connectivity index (χ2n) is 8.60. The van der Waals surface area contributed by atoms with Crippen LogP contribution in [0.15, 0.2) is 30.5 Å². The lowest BCUT2D eigenvalue weighted by atomic mass is 9.77. The van der Waals surface area contributed by atoms with E-state index in [-0.39, 0.29) is 23.3 Å². The molecule has 1 N–H and O–H groups in total. The lowest BCUT2D eigenvalue weighted by molar-refractivity contribution is -0.272. The van der Waals surface area contributed by atoms with Gasteiger partial charge in [0.05, 0.1) is 13.7 Å². The van der Waals surface area contributed by atoms with E-state index in [1.54, 1.807) is 6.92 Å². The van der Waals surface area contributed by atoms with Gasteiger partial charge in [-0.2, -0.15) is 17.6 Å². The molecule has 7 nitrogen and oxygen atoms in total. The monoisotopic (exact) mass is 536 g/mol. The summed E-state index contributed by atoms with van der Waals surface area (Å²) in [4.78, 5) is 17.3. The summed E-state index contributed by atoms with van der Waals surface area (Å²) in [5.41, 5.74) is -2.81. The zero-order valence-electron chi connectivity index (χ0n) is 20.2. The van der Waals surface area contributed by atoms with E-state index in [1.807, 2.05) is 0 Å². The topological polar surface area (TPSA) is 86.8 Å². The minimum absolute atomic E-state index is 0.0433. The van der Waals surface area contributed by atoms with Crippen LogP contribution < -0.4 is 15.5 Å². The van der Waals surface area contributed by atoms with Gasteiger partial charge in [0.1, 0.15) is 11.5 Å². The molecule has 1 unspecified atom stereocenters. The standard InChI is InChI=1S/C23H26F5N2O5P/c1-6-34-36(5,32)16-11-13(9-10-29-16)30-21(31)20-17(12(2)22(3,35-20)23(26,27)28)14-7-8-15(24)18(25)19(14)33-4/h7-12,17,20H,6H2,1-5H3,(H,29,30,31)/t12-,17-,20+,22+,36?/m0/s1. The van der Waals surface area contributed by atoms with Gasteiger partial charge in [-0.25, -0.2) is 4.39 Å². The van der Waals surface area contributed by atoms with Gasteiger partial charge in [0.25, 0.3) is 5.91 Å². The number of alkyl halides is 3. The summed E-state index contributed by atoms with van der Waals surface area (Å²) in [7, 11) is -2.27. The molecule has 0 radical (unpaired) electrons. The van der Waals surface area contributed by atoms with Crippen molar-refractivity contribution in [2.24, 2.45) is 5.92 Å². The fraction of sp³-hybridized carbons (Fsp3) is 0.478. The number of carbonyl (C=O) groups excluding carboxylic acids is 1. The molecule has 1 aromatic heterocycles. The minimum Gasteiger partial charge on any atom is -0.493 e. The third-order valence-electron chi connectivity index (χ3n) is 6.38. The van der Waals surface area contributed by atoms with Crippen molar-refractivity contribution < 1.29 is 45.3 Å². The van der Waals surface area contributed by atoms with E-state index in [0.717, 1.165) is 26.2 Å². The van der Waals surface area contributed by atoms with E-state index in [4.69, 9.17) is 14.0 Å². The molecule has 1 aliphatic heterocycles. The third-order valence-corrected chi connectivity index (χ3v) is 8.20. The van der Waals surface area contributed by atoms with Crippen LogP contribution in [0.25, 0.3) is 0 Å². The highest BCUT2D eigenvalue weighted by molar-refractivity contribution is 7.65. The number of ether oxygens (including phenoxy) is 2. The molecule has 0 aliphatic carbocycles. The van der Waals surface area contributed by atoms with E-state index in [9.17, 15) is 31.3 Å². The first-order valence-corrected chi connectivity index (χ1v) is 13.0. The predicted octanol–water partition coefficient (Wildman–Crippen LogP) is 5.02. The number of methoxy groups -OCH3 is 1. The maximum Gasteiger partial charge on any atom is 0.417 e. The molecule has 1 aliphatic rings. The zero-order chi connectivity index (χ0) is 27.1. The van der Waals surface area contributed by atoms with Crippen molar-refractivity contribution in [2.45, 2.75) is 44.6 Å². The fourth-order valence-corrected chi connectivity index (χ4v) is 5.56. The van der Waals surface area contributed by atoms with E-state index >= 15 is 0 Å². The van der Waals surface area contributed by atoms with Gasteiger partial charge in [-0.15, -0.1) is 0 Å².